The van der Waals surface area contributed by atoms with Crippen molar-refractivity contribution in [3.63, 3.8) is 0 Å². The molecule has 0 radical (unpaired) electrons. The maximum atomic E-state index is 13.2. The highest BCUT2D eigenvalue weighted by Crippen LogP contribution is 2.38. The van der Waals surface area contributed by atoms with Gasteiger partial charge in [0.25, 0.3) is 0 Å². The third kappa shape index (κ3) is 3.06. The molecule has 0 N–H and O–H groups in total. The van der Waals surface area contributed by atoms with Gasteiger partial charge in [0, 0.05) is 6.07 Å². The van der Waals surface area contributed by atoms with Crippen LogP contribution in [0.2, 0.25) is 0 Å². The van der Waals surface area contributed by atoms with Gasteiger partial charge < -0.3 is 4.74 Å². The number of nitrogens with zero attached hydrogens (tertiary/aromatic N) is 1. The van der Waals surface area contributed by atoms with Gasteiger partial charge in [-0.25, -0.2) is 4.39 Å². The Labute approximate surface area is 111 Å². The van der Waals surface area contributed by atoms with E-state index in [-0.39, 0.29) is 11.3 Å². The zero-order valence-corrected chi connectivity index (χ0v) is 9.91. The minimum atomic E-state index is -4.58. The van der Waals surface area contributed by atoms with Gasteiger partial charge in [0.15, 0.2) is 0 Å². The fourth-order valence-corrected chi connectivity index (χ4v) is 1.60. The van der Waals surface area contributed by atoms with Crippen LogP contribution in [0.1, 0.15) is 11.1 Å². The molecule has 102 valence electrons. The van der Waals surface area contributed by atoms with E-state index in [2.05, 4.69) is 0 Å². The van der Waals surface area contributed by atoms with E-state index in [1.165, 1.54) is 12.1 Å². The van der Waals surface area contributed by atoms with Crippen LogP contribution in [0.3, 0.4) is 0 Å². The molecular formula is C14H7F4NO. The lowest BCUT2D eigenvalue weighted by Gasteiger charge is -2.13. The Morgan fingerprint density at radius 2 is 1.75 bits per heavy atom. The van der Waals surface area contributed by atoms with Crippen LogP contribution in [0.5, 0.6) is 11.5 Å². The first kappa shape index (κ1) is 13.9. The van der Waals surface area contributed by atoms with Gasteiger partial charge in [0.2, 0.25) is 0 Å². The van der Waals surface area contributed by atoms with Crippen LogP contribution in [-0.2, 0) is 6.18 Å². The molecule has 0 bridgehead atoms. The molecule has 2 aromatic carbocycles. The summed E-state index contributed by atoms with van der Waals surface area (Å²) in [6.07, 6.45) is -4.58. The Bertz CT molecular complexity index is 674. The van der Waals surface area contributed by atoms with Gasteiger partial charge in [0.1, 0.15) is 17.3 Å². The van der Waals surface area contributed by atoms with Gasteiger partial charge in [-0.05, 0) is 24.3 Å². The smallest absolute Gasteiger partial charge is 0.419 e. The number of benzene rings is 2. The first-order valence-electron chi connectivity index (χ1n) is 5.45. The van der Waals surface area contributed by atoms with Gasteiger partial charge in [-0.15, -0.1) is 0 Å². The summed E-state index contributed by atoms with van der Waals surface area (Å²) in [7, 11) is 0. The standard InChI is InChI=1S/C14H7F4NO/c15-10-5-9(8-19)6-11(7-10)20-13-4-2-1-3-12(13)14(16,17)18/h1-7H. The molecule has 0 aliphatic rings. The maximum absolute atomic E-state index is 13.2. The molecule has 2 rings (SSSR count). The molecule has 0 saturated carbocycles. The van der Waals surface area contributed by atoms with Crippen molar-refractivity contribution in [2.75, 3.05) is 0 Å². The van der Waals surface area contributed by atoms with Crippen molar-refractivity contribution in [2.24, 2.45) is 0 Å². The Morgan fingerprint density at radius 3 is 2.40 bits per heavy atom. The van der Waals surface area contributed by atoms with Gasteiger partial charge in [-0.3, -0.25) is 0 Å². The summed E-state index contributed by atoms with van der Waals surface area (Å²) in [6.45, 7) is 0. The van der Waals surface area contributed by atoms with Crippen LogP contribution in [0.4, 0.5) is 17.6 Å². The summed E-state index contributed by atoms with van der Waals surface area (Å²) in [6, 6.07) is 9.31. The average molecular weight is 281 g/mol. The predicted octanol–water partition coefficient (Wildman–Crippen LogP) is 4.51. The summed E-state index contributed by atoms with van der Waals surface area (Å²) in [5.41, 5.74) is -1.01. The van der Waals surface area contributed by atoms with E-state index in [0.717, 1.165) is 30.3 Å². The molecule has 2 nitrogen and oxygen atoms in total. The van der Waals surface area contributed by atoms with Crippen molar-refractivity contribution in [3.05, 3.63) is 59.4 Å². The molecule has 0 aliphatic heterocycles. The molecule has 0 atom stereocenters. The molecule has 20 heavy (non-hydrogen) atoms. The molecule has 0 heterocycles. The molecule has 0 fully saturated rings. The lowest BCUT2D eigenvalue weighted by atomic mass is 10.2. The number of alkyl halides is 3. The zero-order chi connectivity index (χ0) is 14.8. The number of para-hydroxylation sites is 1. The second-order valence-corrected chi connectivity index (χ2v) is 3.88. The Balaban J connectivity index is 2.41. The largest absolute Gasteiger partial charge is 0.457 e. The normalized spacial score (nSPS) is 10.9. The summed E-state index contributed by atoms with van der Waals surface area (Å²) in [5.74, 6) is -1.38. The predicted molar refractivity (Wildman–Crippen MR) is 62.6 cm³/mol. The minimum Gasteiger partial charge on any atom is -0.457 e. The van der Waals surface area contributed by atoms with Crippen LogP contribution in [0.25, 0.3) is 0 Å². The number of rotatable bonds is 2. The van der Waals surface area contributed by atoms with E-state index in [1.807, 2.05) is 0 Å². The van der Waals surface area contributed by atoms with E-state index < -0.39 is 23.3 Å². The van der Waals surface area contributed by atoms with Crippen molar-refractivity contribution in [1.29, 1.82) is 5.26 Å². The van der Waals surface area contributed by atoms with Gasteiger partial charge in [-0.2, -0.15) is 18.4 Å². The second-order valence-electron chi connectivity index (χ2n) is 3.88. The second kappa shape index (κ2) is 5.21. The fourth-order valence-electron chi connectivity index (χ4n) is 1.60. The van der Waals surface area contributed by atoms with E-state index in [0.29, 0.717) is 0 Å². The lowest BCUT2D eigenvalue weighted by Crippen LogP contribution is -2.06. The SMILES string of the molecule is N#Cc1cc(F)cc(Oc2ccccc2C(F)(F)F)c1. The van der Waals surface area contributed by atoms with E-state index in [4.69, 9.17) is 10.00 Å². The van der Waals surface area contributed by atoms with Crippen LogP contribution in [-0.4, -0.2) is 0 Å². The van der Waals surface area contributed by atoms with Crippen LogP contribution in [0.15, 0.2) is 42.5 Å². The van der Waals surface area contributed by atoms with Gasteiger partial charge in [-0.1, -0.05) is 12.1 Å². The zero-order valence-electron chi connectivity index (χ0n) is 9.91. The van der Waals surface area contributed by atoms with Crippen LogP contribution in [0, 0.1) is 17.1 Å². The molecule has 0 saturated heterocycles. The van der Waals surface area contributed by atoms with Crippen molar-refractivity contribution in [3.8, 4) is 17.6 Å². The van der Waals surface area contributed by atoms with E-state index in [9.17, 15) is 17.6 Å². The van der Waals surface area contributed by atoms with E-state index in [1.54, 1.807) is 6.07 Å². The highest BCUT2D eigenvalue weighted by molar-refractivity contribution is 5.42. The quantitative estimate of drug-likeness (QED) is 0.759. The van der Waals surface area contributed by atoms with E-state index >= 15 is 0 Å². The third-order valence-electron chi connectivity index (χ3n) is 2.42. The lowest BCUT2D eigenvalue weighted by molar-refractivity contribution is -0.138. The van der Waals surface area contributed by atoms with Gasteiger partial charge in [0.05, 0.1) is 17.2 Å². The Morgan fingerprint density at radius 1 is 1.05 bits per heavy atom. The number of ether oxygens (including phenoxy) is 1. The third-order valence-corrected chi connectivity index (χ3v) is 2.42. The molecule has 0 amide bonds. The van der Waals surface area contributed by atoms with Crippen LogP contribution >= 0.6 is 0 Å². The van der Waals surface area contributed by atoms with Crippen molar-refractivity contribution >= 4 is 0 Å². The van der Waals surface area contributed by atoms with Crippen molar-refractivity contribution in [2.45, 2.75) is 6.18 Å². The average Bonchev–Trinajstić information content (AvgIpc) is 2.37. The molecule has 0 aliphatic carbocycles. The first-order chi connectivity index (χ1) is 9.40. The summed E-state index contributed by atoms with van der Waals surface area (Å²) < 4.78 is 56.6. The summed E-state index contributed by atoms with van der Waals surface area (Å²) in [4.78, 5) is 0. The molecular weight excluding hydrogens is 274 g/mol. The monoisotopic (exact) mass is 281 g/mol. The topological polar surface area (TPSA) is 33.0 Å². The fraction of sp³-hybridized carbons (Fsp3) is 0.0714. The molecule has 6 heteroatoms. The molecule has 2 aromatic rings. The molecule has 0 aromatic heterocycles. The number of hydrogen-bond donors (Lipinski definition) is 0. The highest BCUT2D eigenvalue weighted by Gasteiger charge is 2.34. The highest BCUT2D eigenvalue weighted by atomic mass is 19.4. The number of hydrogen-bond acceptors (Lipinski definition) is 2. The molecule has 0 unspecified atom stereocenters. The van der Waals surface area contributed by atoms with Crippen molar-refractivity contribution in [1.82, 2.24) is 0 Å². The maximum Gasteiger partial charge on any atom is 0.419 e. The van der Waals surface area contributed by atoms with Crippen LogP contribution < -0.4 is 4.74 Å². The Kier molecular flexibility index (Phi) is 3.61. The number of nitriles is 1. The summed E-state index contributed by atoms with van der Waals surface area (Å²) in [5, 5.41) is 8.68. The number of halogens is 4. The Hall–Kier alpha value is -2.55. The summed E-state index contributed by atoms with van der Waals surface area (Å²) >= 11 is 0. The minimum absolute atomic E-state index is 0.0375. The first-order valence-corrected chi connectivity index (χ1v) is 5.45. The molecule has 0 spiro atoms. The van der Waals surface area contributed by atoms with Gasteiger partial charge >= 0.3 is 6.18 Å². The van der Waals surface area contributed by atoms with Crippen molar-refractivity contribution < 1.29 is 22.3 Å².